The third-order valence-corrected chi connectivity index (χ3v) is 10.4. The summed E-state index contributed by atoms with van der Waals surface area (Å²) in [5.74, 6) is -0.600. The molecule has 0 heterocycles. The van der Waals surface area contributed by atoms with Gasteiger partial charge in [-0.2, -0.15) is 0 Å². The number of rotatable bonds is 43. The summed E-state index contributed by atoms with van der Waals surface area (Å²) in [6.07, 6.45) is 56.7. The Morgan fingerprint density at radius 3 is 1.19 bits per heavy atom. The molecule has 1 atom stereocenters. The lowest BCUT2D eigenvalue weighted by Crippen LogP contribution is -2.28. The highest BCUT2D eigenvalue weighted by Gasteiger charge is 2.16. The molecule has 0 radical (unpaired) electrons. The van der Waals surface area contributed by atoms with E-state index >= 15 is 0 Å². The van der Waals surface area contributed by atoms with Gasteiger partial charge in [-0.15, -0.1) is 0 Å². The Morgan fingerprint density at radius 2 is 0.778 bits per heavy atom. The van der Waals surface area contributed by atoms with Crippen LogP contribution >= 0.6 is 0 Å². The zero-order chi connectivity index (χ0) is 39.3. The van der Waals surface area contributed by atoms with E-state index in [4.69, 9.17) is 9.47 Å². The summed E-state index contributed by atoms with van der Waals surface area (Å²) in [4.78, 5) is 24.3. The molecule has 0 saturated carbocycles. The van der Waals surface area contributed by atoms with Crippen molar-refractivity contribution in [2.75, 3.05) is 13.2 Å². The van der Waals surface area contributed by atoms with Crippen LogP contribution in [0.4, 0.5) is 0 Å². The lowest BCUT2D eigenvalue weighted by Gasteiger charge is -2.15. The molecule has 54 heavy (non-hydrogen) atoms. The van der Waals surface area contributed by atoms with Gasteiger partial charge in [-0.25, -0.2) is 0 Å². The molecule has 0 aromatic rings. The second kappa shape index (κ2) is 45.5. The first kappa shape index (κ1) is 52.1. The van der Waals surface area contributed by atoms with Crippen LogP contribution in [0.3, 0.4) is 0 Å². The van der Waals surface area contributed by atoms with Crippen molar-refractivity contribution in [1.29, 1.82) is 0 Å². The Hall–Kier alpha value is -1.88. The lowest BCUT2D eigenvalue weighted by atomic mass is 10.0. The van der Waals surface area contributed by atoms with Crippen molar-refractivity contribution in [1.82, 2.24) is 0 Å². The van der Waals surface area contributed by atoms with Crippen molar-refractivity contribution in [2.24, 2.45) is 0 Å². The number of unbranched alkanes of at least 4 members (excludes halogenated alkanes) is 29. The minimum atomic E-state index is -0.776. The number of carbonyl (C=O) groups is 2. The van der Waals surface area contributed by atoms with Crippen LogP contribution in [0, 0.1) is 0 Å². The third kappa shape index (κ3) is 42.9. The number of ether oxygens (including phenoxy) is 2. The molecular formula is C49H90O5. The van der Waals surface area contributed by atoms with Gasteiger partial charge in [0.15, 0.2) is 6.10 Å². The molecule has 1 N–H and O–H groups in total. The zero-order valence-electron chi connectivity index (χ0n) is 36.0. The van der Waals surface area contributed by atoms with Gasteiger partial charge >= 0.3 is 11.9 Å². The van der Waals surface area contributed by atoms with Crippen LogP contribution in [0.5, 0.6) is 0 Å². The fraction of sp³-hybridized carbons (Fsp3) is 0.837. The van der Waals surface area contributed by atoms with E-state index in [0.717, 1.165) is 57.8 Å². The summed E-state index contributed by atoms with van der Waals surface area (Å²) in [5, 5.41) is 9.57. The first-order chi connectivity index (χ1) is 26.6. The maximum atomic E-state index is 12.2. The molecule has 5 heteroatoms. The zero-order valence-corrected chi connectivity index (χ0v) is 36.0. The predicted molar refractivity (Wildman–Crippen MR) is 233 cm³/mol. The highest BCUT2D eigenvalue weighted by Crippen LogP contribution is 2.15. The minimum Gasteiger partial charge on any atom is -0.462 e. The highest BCUT2D eigenvalue weighted by molar-refractivity contribution is 5.70. The molecule has 5 nitrogen and oxygen atoms in total. The second-order valence-corrected chi connectivity index (χ2v) is 15.8. The Bertz CT molecular complexity index is 862. The van der Waals surface area contributed by atoms with Gasteiger partial charge in [-0.1, -0.05) is 204 Å². The Labute approximate surface area is 336 Å². The van der Waals surface area contributed by atoms with Crippen molar-refractivity contribution < 1.29 is 24.2 Å². The second-order valence-electron chi connectivity index (χ2n) is 15.8. The smallest absolute Gasteiger partial charge is 0.306 e. The number of aliphatic hydroxyl groups is 1. The van der Waals surface area contributed by atoms with Gasteiger partial charge < -0.3 is 14.6 Å². The molecule has 0 bridgehead atoms. The maximum Gasteiger partial charge on any atom is 0.306 e. The number of aliphatic hydroxyl groups excluding tert-OH is 1. The molecule has 0 rings (SSSR count). The van der Waals surface area contributed by atoms with E-state index in [2.05, 4.69) is 50.3 Å². The summed E-state index contributed by atoms with van der Waals surface area (Å²) in [7, 11) is 0. The van der Waals surface area contributed by atoms with Crippen molar-refractivity contribution in [3.8, 4) is 0 Å². The van der Waals surface area contributed by atoms with Crippen LogP contribution in [0.25, 0.3) is 0 Å². The molecule has 0 amide bonds. The molecule has 316 valence electrons. The van der Waals surface area contributed by atoms with Crippen LogP contribution in [0.2, 0.25) is 0 Å². The standard InChI is InChI=1S/C49H90O5/c1-3-5-7-9-11-13-15-17-18-19-20-21-22-23-24-25-26-27-28-29-30-32-33-35-37-39-41-43-48(51)53-46-47(45-50)54-49(52)44-42-40-38-36-34-31-16-14-12-10-8-6-4-2/h8,10,14,16,19-20,47,50H,3-7,9,11-13,15,17-18,21-46H2,1-2H3/b10-8-,16-14-,20-19-. The molecule has 0 aliphatic rings. The van der Waals surface area contributed by atoms with Gasteiger partial charge in [0.25, 0.3) is 0 Å². The number of allylic oxidation sites excluding steroid dienone is 6. The molecule has 0 aromatic carbocycles. The topological polar surface area (TPSA) is 72.8 Å². The van der Waals surface area contributed by atoms with E-state index < -0.39 is 6.10 Å². The van der Waals surface area contributed by atoms with Crippen molar-refractivity contribution in [2.45, 2.75) is 251 Å². The van der Waals surface area contributed by atoms with Crippen LogP contribution in [0.1, 0.15) is 245 Å². The van der Waals surface area contributed by atoms with E-state index in [0.29, 0.717) is 12.8 Å². The number of hydrogen-bond donors (Lipinski definition) is 1. The van der Waals surface area contributed by atoms with E-state index in [9.17, 15) is 14.7 Å². The van der Waals surface area contributed by atoms with Crippen LogP contribution in [-0.4, -0.2) is 36.4 Å². The monoisotopic (exact) mass is 759 g/mol. The van der Waals surface area contributed by atoms with E-state index in [-0.39, 0.29) is 25.2 Å². The van der Waals surface area contributed by atoms with E-state index in [1.165, 1.54) is 161 Å². The Kier molecular flexibility index (Phi) is 43.9. The number of carbonyl (C=O) groups excluding carboxylic acids is 2. The van der Waals surface area contributed by atoms with Crippen LogP contribution in [-0.2, 0) is 19.1 Å². The fourth-order valence-electron chi connectivity index (χ4n) is 6.82. The summed E-state index contributed by atoms with van der Waals surface area (Å²) in [5.41, 5.74) is 0. The molecule has 0 fully saturated rings. The predicted octanol–water partition coefficient (Wildman–Crippen LogP) is 15.2. The van der Waals surface area contributed by atoms with Crippen molar-refractivity contribution >= 4 is 11.9 Å². The first-order valence-corrected chi connectivity index (χ1v) is 23.5. The molecule has 0 aromatic heterocycles. The molecule has 1 unspecified atom stereocenters. The molecule has 0 saturated heterocycles. The minimum absolute atomic E-state index is 0.0691. The van der Waals surface area contributed by atoms with Crippen molar-refractivity contribution in [3.63, 3.8) is 0 Å². The van der Waals surface area contributed by atoms with Gasteiger partial charge in [0.05, 0.1) is 6.61 Å². The quantitative estimate of drug-likeness (QED) is 0.0381. The van der Waals surface area contributed by atoms with Gasteiger partial charge in [0, 0.05) is 12.8 Å². The normalized spacial score (nSPS) is 12.4. The summed E-state index contributed by atoms with van der Waals surface area (Å²) < 4.78 is 10.6. The molecular weight excluding hydrogens is 669 g/mol. The van der Waals surface area contributed by atoms with Crippen LogP contribution in [0.15, 0.2) is 36.5 Å². The van der Waals surface area contributed by atoms with Gasteiger partial charge in [0.1, 0.15) is 6.61 Å². The van der Waals surface area contributed by atoms with Gasteiger partial charge in [-0.05, 0) is 64.2 Å². The van der Waals surface area contributed by atoms with Gasteiger partial charge in [-0.3, -0.25) is 9.59 Å². The SMILES string of the molecule is CCC/C=C\C/C=C\CCCCCCCC(=O)OC(CO)COC(=O)CCCCCCCCCCCCCCCCC/C=C\CCCCCCCCCC. The van der Waals surface area contributed by atoms with E-state index in [1.54, 1.807) is 0 Å². The molecule has 0 aliphatic carbocycles. The molecule has 0 spiro atoms. The average molecular weight is 759 g/mol. The fourth-order valence-corrected chi connectivity index (χ4v) is 6.82. The number of esters is 2. The summed E-state index contributed by atoms with van der Waals surface area (Å²) >= 11 is 0. The Morgan fingerprint density at radius 1 is 0.426 bits per heavy atom. The summed E-state index contributed by atoms with van der Waals surface area (Å²) in [6.45, 7) is 4.08. The Balaban J connectivity index is 3.45. The number of hydrogen-bond acceptors (Lipinski definition) is 5. The largest absolute Gasteiger partial charge is 0.462 e. The third-order valence-electron chi connectivity index (χ3n) is 10.4. The maximum absolute atomic E-state index is 12.2. The first-order valence-electron chi connectivity index (χ1n) is 23.5. The lowest BCUT2D eigenvalue weighted by molar-refractivity contribution is -0.161. The van der Waals surface area contributed by atoms with Crippen molar-refractivity contribution in [3.05, 3.63) is 36.5 Å². The average Bonchev–Trinajstić information content (AvgIpc) is 3.17. The summed E-state index contributed by atoms with van der Waals surface area (Å²) in [6, 6.07) is 0. The van der Waals surface area contributed by atoms with Crippen LogP contribution < -0.4 is 0 Å². The molecule has 0 aliphatic heterocycles. The van der Waals surface area contributed by atoms with E-state index in [1.807, 2.05) is 0 Å². The highest BCUT2D eigenvalue weighted by atomic mass is 16.6. The van der Waals surface area contributed by atoms with Gasteiger partial charge in [0.2, 0.25) is 0 Å².